The summed E-state index contributed by atoms with van der Waals surface area (Å²) >= 11 is 0. The zero-order valence-electron chi connectivity index (χ0n) is 17.1. The summed E-state index contributed by atoms with van der Waals surface area (Å²) in [5.41, 5.74) is 1.68. The zero-order chi connectivity index (χ0) is 17.9. The van der Waals surface area contributed by atoms with E-state index < -0.39 is 0 Å². The second-order valence-corrected chi connectivity index (χ2v) is 12.9. The first-order valence-electron chi connectivity index (χ1n) is 9.36. The number of rotatable bonds is 7. The number of benzene rings is 1. The van der Waals surface area contributed by atoms with E-state index in [4.69, 9.17) is 0 Å². The molecule has 0 atom stereocenters. The van der Waals surface area contributed by atoms with Crippen molar-refractivity contribution in [2.24, 2.45) is 0 Å². The van der Waals surface area contributed by atoms with Gasteiger partial charge in [-0.3, -0.25) is 0 Å². The third-order valence-electron chi connectivity index (χ3n) is 4.93. The van der Waals surface area contributed by atoms with E-state index in [-0.39, 0.29) is 13.3 Å². The van der Waals surface area contributed by atoms with Crippen LogP contribution in [0.1, 0.15) is 93.6 Å². The first-order valence-corrected chi connectivity index (χ1v) is 10.7. The molecule has 0 radical (unpaired) electrons. The van der Waals surface area contributed by atoms with Crippen LogP contribution in [0, 0.1) is 0 Å². The van der Waals surface area contributed by atoms with Gasteiger partial charge in [0.2, 0.25) is 0 Å². The smallest absolute Gasteiger partial charge is 0.0106 e. The molecule has 0 nitrogen and oxygen atoms in total. The topological polar surface area (TPSA) is 0 Å². The molecule has 0 saturated heterocycles. The molecule has 132 valence electrons. The average molecular weight is 335 g/mol. The van der Waals surface area contributed by atoms with E-state index in [1.54, 1.807) is 5.30 Å². The summed E-state index contributed by atoms with van der Waals surface area (Å²) in [4.78, 5) is 0. The zero-order valence-corrected chi connectivity index (χ0v) is 18.0. The van der Waals surface area contributed by atoms with Crippen LogP contribution >= 0.6 is 7.92 Å². The first kappa shape index (κ1) is 20.7. The summed E-state index contributed by atoms with van der Waals surface area (Å²) in [5, 5.41) is 2.38. The van der Waals surface area contributed by atoms with Crippen molar-refractivity contribution in [3.05, 3.63) is 29.8 Å². The van der Waals surface area contributed by atoms with Crippen molar-refractivity contribution in [1.82, 2.24) is 0 Å². The van der Waals surface area contributed by atoms with Gasteiger partial charge in [0.1, 0.15) is 0 Å². The molecule has 0 spiro atoms. The third kappa shape index (κ3) is 5.32. The van der Waals surface area contributed by atoms with Crippen molar-refractivity contribution in [2.45, 2.75) is 104 Å². The van der Waals surface area contributed by atoms with Crippen LogP contribution in [0.25, 0.3) is 0 Å². The summed E-state index contributed by atoms with van der Waals surface area (Å²) in [7, 11) is -0.202. The Balaban J connectivity index is 3.29. The molecular weight excluding hydrogens is 295 g/mol. The van der Waals surface area contributed by atoms with E-state index >= 15 is 0 Å². The maximum absolute atomic E-state index is 2.50. The Labute approximate surface area is 147 Å². The van der Waals surface area contributed by atoms with Crippen LogP contribution in [0.2, 0.25) is 0 Å². The van der Waals surface area contributed by atoms with Crippen LogP contribution in [0.4, 0.5) is 0 Å². The summed E-state index contributed by atoms with van der Waals surface area (Å²) in [5.74, 6) is 0. The second kappa shape index (κ2) is 7.69. The van der Waals surface area contributed by atoms with E-state index in [9.17, 15) is 0 Å². The van der Waals surface area contributed by atoms with Crippen LogP contribution in [-0.2, 0) is 5.41 Å². The Bertz CT molecular complexity index is 456. The molecule has 1 rings (SSSR count). The number of hydrogen-bond acceptors (Lipinski definition) is 0. The highest BCUT2D eigenvalue weighted by Gasteiger charge is 2.40. The normalized spacial score (nSPS) is 13.7. The van der Waals surface area contributed by atoms with E-state index in [2.05, 4.69) is 86.6 Å². The Morgan fingerprint density at radius 3 is 1.39 bits per heavy atom. The van der Waals surface area contributed by atoms with Crippen LogP contribution in [0.15, 0.2) is 24.3 Å². The van der Waals surface area contributed by atoms with E-state index in [1.165, 1.54) is 31.2 Å². The maximum Gasteiger partial charge on any atom is -0.0106 e. The Morgan fingerprint density at radius 2 is 1.09 bits per heavy atom. The molecule has 0 unspecified atom stereocenters. The van der Waals surface area contributed by atoms with Crippen LogP contribution in [0.3, 0.4) is 0 Å². The van der Waals surface area contributed by atoms with Gasteiger partial charge in [0.15, 0.2) is 0 Å². The lowest BCUT2D eigenvalue weighted by Gasteiger charge is -2.46. The van der Waals surface area contributed by atoms with E-state index in [0.717, 1.165) is 0 Å². The lowest BCUT2D eigenvalue weighted by atomic mass is 9.87. The largest absolute Gasteiger partial charge is 0.0653 e. The molecule has 0 saturated carbocycles. The highest BCUT2D eigenvalue weighted by molar-refractivity contribution is 7.68. The molecule has 0 aliphatic rings. The van der Waals surface area contributed by atoms with Crippen LogP contribution in [0.5, 0.6) is 0 Å². The molecule has 1 aromatic rings. The lowest BCUT2D eigenvalue weighted by molar-refractivity contribution is 0.563. The summed E-state index contributed by atoms with van der Waals surface area (Å²) in [6, 6.07) is 9.60. The van der Waals surface area contributed by atoms with Gasteiger partial charge >= 0.3 is 0 Å². The Kier molecular flexibility index (Phi) is 6.92. The molecule has 0 aromatic heterocycles. The van der Waals surface area contributed by atoms with E-state index in [1.807, 2.05) is 0 Å². The van der Waals surface area contributed by atoms with Gasteiger partial charge in [0.25, 0.3) is 0 Å². The van der Waals surface area contributed by atoms with Crippen molar-refractivity contribution in [2.75, 3.05) is 0 Å². The highest BCUT2D eigenvalue weighted by Crippen LogP contribution is 2.61. The minimum absolute atomic E-state index is 0.202. The average Bonchev–Trinajstić information content (AvgIpc) is 2.37. The fourth-order valence-electron chi connectivity index (χ4n) is 4.08. The maximum atomic E-state index is 2.50. The molecule has 0 bridgehead atoms. The summed E-state index contributed by atoms with van der Waals surface area (Å²) < 4.78 is 0. The standard InChI is InChI=1S/C22H39P/c1-10-16-21(6,7)23(22(8,9)17-11-2)19-14-12-18(13-15-19)20(3,4)5/h12-15H,10-11,16-17H2,1-9H3. The predicted octanol–water partition coefficient (Wildman–Crippen LogP) is 7.25. The highest BCUT2D eigenvalue weighted by atomic mass is 31.1. The predicted molar refractivity (Wildman–Crippen MR) is 110 cm³/mol. The molecule has 0 aliphatic heterocycles. The SMILES string of the molecule is CCCC(C)(C)P(c1ccc(C(C)(C)C)cc1)C(C)(C)CCC. The minimum Gasteiger partial charge on any atom is -0.0653 e. The van der Waals surface area contributed by atoms with Crippen LogP contribution < -0.4 is 5.30 Å². The molecule has 0 heterocycles. The molecule has 0 aliphatic carbocycles. The summed E-state index contributed by atoms with van der Waals surface area (Å²) in [6.45, 7) is 21.5. The first-order chi connectivity index (χ1) is 10.5. The third-order valence-corrected chi connectivity index (χ3v) is 8.61. The van der Waals surface area contributed by atoms with Crippen molar-refractivity contribution >= 4 is 13.2 Å². The quantitative estimate of drug-likeness (QED) is 0.461. The lowest BCUT2D eigenvalue weighted by Crippen LogP contribution is -2.35. The molecule has 1 aromatic carbocycles. The van der Waals surface area contributed by atoms with Crippen molar-refractivity contribution in [3.63, 3.8) is 0 Å². The Hall–Kier alpha value is -0.350. The molecule has 0 amide bonds. The van der Waals surface area contributed by atoms with Gasteiger partial charge in [-0.25, -0.2) is 0 Å². The van der Waals surface area contributed by atoms with Crippen LogP contribution in [-0.4, -0.2) is 10.3 Å². The van der Waals surface area contributed by atoms with Gasteiger partial charge in [-0.15, -0.1) is 0 Å². The van der Waals surface area contributed by atoms with Gasteiger partial charge in [-0.05, 0) is 39.4 Å². The van der Waals surface area contributed by atoms with Gasteiger partial charge in [0, 0.05) is 0 Å². The fourth-order valence-corrected chi connectivity index (χ4v) is 8.45. The van der Waals surface area contributed by atoms with Gasteiger partial charge in [-0.1, -0.05) is 107 Å². The fraction of sp³-hybridized carbons (Fsp3) is 0.727. The van der Waals surface area contributed by atoms with Crippen molar-refractivity contribution < 1.29 is 0 Å². The second-order valence-electron chi connectivity index (χ2n) is 9.26. The molecular formula is C22H39P. The number of hydrogen-bond donors (Lipinski definition) is 0. The van der Waals surface area contributed by atoms with E-state index in [0.29, 0.717) is 10.3 Å². The molecule has 0 N–H and O–H groups in total. The van der Waals surface area contributed by atoms with Crippen molar-refractivity contribution in [1.29, 1.82) is 0 Å². The van der Waals surface area contributed by atoms with Gasteiger partial charge < -0.3 is 0 Å². The van der Waals surface area contributed by atoms with Gasteiger partial charge in [-0.2, -0.15) is 0 Å². The molecule has 1 heteroatoms. The Morgan fingerprint density at radius 1 is 0.696 bits per heavy atom. The summed E-state index contributed by atoms with van der Waals surface area (Å²) in [6.07, 6.45) is 5.17. The molecule has 0 fully saturated rings. The van der Waals surface area contributed by atoms with Gasteiger partial charge in [0.05, 0.1) is 0 Å². The minimum atomic E-state index is -0.202. The van der Waals surface area contributed by atoms with Crippen molar-refractivity contribution in [3.8, 4) is 0 Å². The monoisotopic (exact) mass is 334 g/mol. The molecule has 23 heavy (non-hydrogen) atoms.